The smallest absolute Gasteiger partial charge is 0.200 e. The lowest BCUT2D eigenvalue weighted by molar-refractivity contribution is 0.566. The molecule has 0 aliphatic carbocycles. The molecular formula is C9H15N7. The maximum absolute atomic E-state index is 5.48. The van der Waals surface area contributed by atoms with Gasteiger partial charge in [-0.05, 0) is 41.4 Å². The molecule has 0 bridgehead atoms. The summed E-state index contributed by atoms with van der Waals surface area (Å²) in [6, 6.07) is 3.68. The molecule has 0 aromatic carbocycles. The molecule has 0 spiro atoms. The minimum absolute atomic E-state index is 0.524. The van der Waals surface area contributed by atoms with Crippen LogP contribution in [0.15, 0.2) is 12.1 Å². The SMILES string of the molecule is CC(CCN)CNc1ccc2nnnn2n1. The van der Waals surface area contributed by atoms with Crippen molar-refractivity contribution in [2.75, 3.05) is 18.4 Å². The van der Waals surface area contributed by atoms with E-state index in [1.807, 2.05) is 12.1 Å². The van der Waals surface area contributed by atoms with Gasteiger partial charge in [-0.2, -0.15) is 0 Å². The lowest BCUT2D eigenvalue weighted by Gasteiger charge is -2.11. The zero-order chi connectivity index (χ0) is 11.4. The maximum atomic E-state index is 5.48. The van der Waals surface area contributed by atoms with E-state index in [2.05, 4.69) is 32.9 Å². The minimum atomic E-state index is 0.524. The Kier molecular flexibility index (Phi) is 3.25. The van der Waals surface area contributed by atoms with Gasteiger partial charge in [-0.3, -0.25) is 0 Å². The standard InChI is InChI=1S/C9H15N7/c1-7(4-5-10)6-11-8-2-3-9-12-14-15-16(9)13-8/h2-3,7H,4-6,10H2,1H3,(H,11,13). The number of tetrazole rings is 1. The first-order chi connectivity index (χ1) is 7.79. The Bertz CT molecular complexity index is 452. The highest BCUT2D eigenvalue weighted by Crippen LogP contribution is 2.06. The molecule has 2 heterocycles. The second-order valence-electron chi connectivity index (χ2n) is 3.81. The topological polar surface area (TPSA) is 94.0 Å². The predicted molar refractivity (Wildman–Crippen MR) is 59.9 cm³/mol. The summed E-state index contributed by atoms with van der Waals surface area (Å²) in [6.07, 6.45) is 1.00. The molecule has 3 N–H and O–H groups in total. The third-order valence-corrected chi connectivity index (χ3v) is 2.36. The zero-order valence-electron chi connectivity index (χ0n) is 9.17. The fraction of sp³-hybridized carbons (Fsp3) is 0.556. The lowest BCUT2D eigenvalue weighted by atomic mass is 10.1. The van der Waals surface area contributed by atoms with Crippen molar-refractivity contribution < 1.29 is 0 Å². The molecule has 7 nitrogen and oxygen atoms in total. The van der Waals surface area contributed by atoms with Crippen LogP contribution < -0.4 is 11.1 Å². The highest BCUT2D eigenvalue weighted by atomic mass is 15.6. The van der Waals surface area contributed by atoms with Gasteiger partial charge in [0.1, 0.15) is 5.82 Å². The van der Waals surface area contributed by atoms with E-state index in [9.17, 15) is 0 Å². The van der Waals surface area contributed by atoms with Crippen molar-refractivity contribution in [3.8, 4) is 0 Å². The van der Waals surface area contributed by atoms with Crippen molar-refractivity contribution in [1.29, 1.82) is 0 Å². The number of anilines is 1. The van der Waals surface area contributed by atoms with Crippen LogP contribution in [-0.2, 0) is 0 Å². The van der Waals surface area contributed by atoms with Crippen molar-refractivity contribution in [2.24, 2.45) is 11.7 Å². The van der Waals surface area contributed by atoms with Gasteiger partial charge in [0.2, 0.25) is 0 Å². The summed E-state index contributed by atoms with van der Waals surface area (Å²) in [5.41, 5.74) is 6.12. The molecule has 0 amide bonds. The quantitative estimate of drug-likeness (QED) is 0.733. The number of hydrogen-bond donors (Lipinski definition) is 2. The molecule has 0 radical (unpaired) electrons. The van der Waals surface area contributed by atoms with E-state index in [1.54, 1.807) is 0 Å². The number of nitrogens with two attached hydrogens (primary N) is 1. The Morgan fingerprint density at radius 1 is 1.50 bits per heavy atom. The van der Waals surface area contributed by atoms with Crippen LogP contribution in [0, 0.1) is 5.92 Å². The second kappa shape index (κ2) is 4.84. The van der Waals surface area contributed by atoms with E-state index < -0.39 is 0 Å². The predicted octanol–water partition coefficient (Wildman–Crippen LogP) is -0.0839. The number of nitrogens with one attached hydrogen (secondary N) is 1. The van der Waals surface area contributed by atoms with Crippen LogP contribution in [0.4, 0.5) is 5.82 Å². The Balaban J connectivity index is 1.98. The molecule has 1 atom stereocenters. The summed E-state index contributed by atoms with van der Waals surface area (Å²) in [4.78, 5) is 0. The number of rotatable bonds is 5. The summed E-state index contributed by atoms with van der Waals surface area (Å²) in [5, 5.41) is 18.5. The Morgan fingerprint density at radius 3 is 3.19 bits per heavy atom. The van der Waals surface area contributed by atoms with Crippen LogP contribution in [0.1, 0.15) is 13.3 Å². The fourth-order valence-electron chi connectivity index (χ4n) is 1.41. The summed E-state index contributed by atoms with van der Waals surface area (Å²) >= 11 is 0. The monoisotopic (exact) mass is 221 g/mol. The molecule has 0 saturated heterocycles. The number of hydrogen-bond acceptors (Lipinski definition) is 6. The van der Waals surface area contributed by atoms with Crippen molar-refractivity contribution in [1.82, 2.24) is 25.3 Å². The molecular weight excluding hydrogens is 206 g/mol. The Morgan fingerprint density at radius 2 is 2.38 bits per heavy atom. The molecule has 2 rings (SSSR count). The largest absolute Gasteiger partial charge is 0.368 e. The summed E-state index contributed by atoms with van der Waals surface area (Å²) in [6.45, 7) is 3.70. The van der Waals surface area contributed by atoms with Crippen LogP contribution in [0.25, 0.3) is 5.65 Å². The highest BCUT2D eigenvalue weighted by molar-refractivity contribution is 5.41. The van der Waals surface area contributed by atoms with Crippen LogP contribution >= 0.6 is 0 Å². The van der Waals surface area contributed by atoms with E-state index >= 15 is 0 Å². The summed E-state index contributed by atoms with van der Waals surface area (Å²) in [5.74, 6) is 1.29. The van der Waals surface area contributed by atoms with Gasteiger partial charge in [0.15, 0.2) is 5.65 Å². The first-order valence-electron chi connectivity index (χ1n) is 5.29. The number of nitrogens with zero attached hydrogens (tertiary/aromatic N) is 5. The number of fused-ring (bicyclic) bond motifs is 1. The minimum Gasteiger partial charge on any atom is -0.368 e. The molecule has 0 aliphatic heterocycles. The van der Waals surface area contributed by atoms with Crippen LogP contribution in [0.2, 0.25) is 0 Å². The van der Waals surface area contributed by atoms with Crippen LogP contribution in [-0.4, -0.2) is 38.3 Å². The fourth-order valence-corrected chi connectivity index (χ4v) is 1.41. The van der Waals surface area contributed by atoms with Gasteiger partial charge in [-0.15, -0.1) is 14.8 Å². The average Bonchev–Trinajstić information content (AvgIpc) is 2.74. The van der Waals surface area contributed by atoms with Gasteiger partial charge < -0.3 is 11.1 Å². The third kappa shape index (κ3) is 2.43. The first-order valence-corrected chi connectivity index (χ1v) is 5.29. The van der Waals surface area contributed by atoms with Gasteiger partial charge in [0.25, 0.3) is 0 Å². The van der Waals surface area contributed by atoms with Gasteiger partial charge in [-0.1, -0.05) is 6.92 Å². The first kappa shape index (κ1) is 10.7. The zero-order valence-corrected chi connectivity index (χ0v) is 9.17. The highest BCUT2D eigenvalue weighted by Gasteiger charge is 2.03. The van der Waals surface area contributed by atoms with E-state index in [1.165, 1.54) is 4.63 Å². The van der Waals surface area contributed by atoms with Crippen molar-refractivity contribution >= 4 is 11.5 Å². The van der Waals surface area contributed by atoms with Crippen molar-refractivity contribution in [2.45, 2.75) is 13.3 Å². The van der Waals surface area contributed by atoms with E-state index in [0.29, 0.717) is 18.1 Å². The molecule has 86 valence electrons. The van der Waals surface area contributed by atoms with Gasteiger partial charge in [-0.25, -0.2) is 0 Å². The summed E-state index contributed by atoms with van der Waals surface area (Å²) in [7, 11) is 0. The lowest BCUT2D eigenvalue weighted by Crippen LogP contribution is -2.16. The van der Waals surface area contributed by atoms with Crippen LogP contribution in [0.3, 0.4) is 0 Å². The molecule has 2 aromatic heterocycles. The van der Waals surface area contributed by atoms with Crippen LogP contribution in [0.5, 0.6) is 0 Å². The second-order valence-corrected chi connectivity index (χ2v) is 3.81. The Hall–Kier alpha value is -1.76. The van der Waals surface area contributed by atoms with Crippen molar-refractivity contribution in [3.63, 3.8) is 0 Å². The molecule has 7 heteroatoms. The molecule has 2 aromatic rings. The van der Waals surface area contributed by atoms with E-state index in [4.69, 9.17) is 5.73 Å². The third-order valence-electron chi connectivity index (χ3n) is 2.36. The maximum Gasteiger partial charge on any atom is 0.200 e. The van der Waals surface area contributed by atoms with Gasteiger partial charge in [0.05, 0.1) is 0 Å². The van der Waals surface area contributed by atoms with E-state index in [0.717, 1.165) is 18.8 Å². The molecule has 1 unspecified atom stereocenters. The summed E-state index contributed by atoms with van der Waals surface area (Å²) < 4.78 is 1.40. The molecule has 0 saturated carbocycles. The average molecular weight is 221 g/mol. The van der Waals surface area contributed by atoms with Crippen molar-refractivity contribution in [3.05, 3.63) is 12.1 Å². The molecule has 0 fully saturated rings. The van der Waals surface area contributed by atoms with E-state index in [-0.39, 0.29) is 0 Å². The van der Waals surface area contributed by atoms with Gasteiger partial charge in [0, 0.05) is 6.54 Å². The van der Waals surface area contributed by atoms with Gasteiger partial charge >= 0.3 is 0 Å². The molecule has 16 heavy (non-hydrogen) atoms. The Labute approximate surface area is 93.0 Å². The number of aromatic nitrogens is 5. The normalized spacial score (nSPS) is 12.9. The molecule has 0 aliphatic rings.